The molecule has 9 heteroatoms. The van der Waals surface area contributed by atoms with Crippen molar-refractivity contribution < 1.29 is 9.32 Å². The highest BCUT2D eigenvalue weighted by Crippen LogP contribution is 2.26. The number of aromatic nitrogens is 4. The van der Waals surface area contributed by atoms with E-state index in [4.69, 9.17) is 4.52 Å². The Bertz CT molecular complexity index is 1190. The number of benzene rings is 1. The zero-order chi connectivity index (χ0) is 19.0. The fourth-order valence-corrected chi connectivity index (χ4v) is 3.75. The standard InChI is InChI=1S/C18H15N5O3S/c1-10-13-17(20-9-23(2)18(13)25)27-14(10)16(24)19-8-12-21-15(22-26-12)11-6-4-3-5-7-11/h3-7,9H,8H2,1-2H3,(H,19,24). The van der Waals surface area contributed by atoms with E-state index in [0.717, 1.165) is 5.56 Å². The van der Waals surface area contributed by atoms with Crippen LogP contribution in [-0.4, -0.2) is 25.6 Å². The van der Waals surface area contributed by atoms with Gasteiger partial charge in [-0.05, 0) is 12.5 Å². The SMILES string of the molecule is Cc1c(C(=O)NCc2nc(-c3ccccc3)no2)sc2ncn(C)c(=O)c12. The fraction of sp³-hybridized carbons (Fsp3) is 0.167. The lowest BCUT2D eigenvalue weighted by atomic mass is 10.2. The molecule has 0 aliphatic carbocycles. The van der Waals surface area contributed by atoms with Crippen LogP contribution in [0.2, 0.25) is 0 Å². The summed E-state index contributed by atoms with van der Waals surface area (Å²) >= 11 is 1.19. The van der Waals surface area contributed by atoms with E-state index < -0.39 is 0 Å². The van der Waals surface area contributed by atoms with Crippen molar-refractivity contribution in [1.29, 1.82) is 0 Å². The number of carbonyl (C=O) groups is 1. The average molecular weight is 381 g/mol. The molecule has 4 rings (SSSR count). The maximum absolute atomic E-state index is 12.6. The molecule has 0 aliphatic rings. The number of hydrogen-bond donors (Lipinski definition) is 1. The summed E-state index contributed by atoms with van der Waals surface area (Å²) in [5, 5.41) is 7.15. The second-order valence-corrected chi connectivity index (χ2v) is 6.96. The Hall–Kier alpha value is -3.33. The Morgan fingerprint density at radius 2 is 2.07 bits per heavy atom. The number of nitrogens with zero attached hydrogens (tertiary/aromatic N) is 4. The Morgan fingerprint density at radius 1 is 1.30 bits per heavy atom. The lowest BCUT2D eigenvalue weighted by Crippen LogP contribution is -2.23. The van der Waals surface area contributed by atoms with E-state index in [1.54, 1.807) is 14.0 Å². The molecular formula is C18H15N5O3S. The molecule has 1 aromatic carbocycles. The molecule has 3 aromatic heterocycles. The van der Waals surface area contributed by atoms with Crippen LogP contribution in [0, 0.1) is 6.92 Å². The predicted molar refractivity (Wildman–Crippen MR) is 101 cm³/mol. The van der Waals surface area contributed by atoms with Crippen LogP contribution >= 0.6 is 11.3 Å². The molecule has 27 heavy (non-hydrogen) atoms. The van der Waals surface area contributed by atoms with E-state index in [1.807, 2.05) is 30.3 Å². The average Bonchev–Trinajstić information content (AvgIpc) is 3.29. The zero-order valence-electron chi connectivity index (χ0n) is 14.6. The molecule has 0 unspecified atom stereocenters. The van der Waals surface area contributed by atoms with Crippen molar-refractivity contribution in [3.63, 3.8) is 0 Å². The summed E-state index contributed by atoms with van der Waals surface area (Å²) in [6, 6.07) is 9.42. The Morgan fingerprint density at radius 3 is 2.85 bits per heavy atom. The van der Waals surface area contributed by atoms with Crippen molar-refractivity contribution in [2.24, 2.45) is 7.05 Å². The predicted octanol–water partition coefficient (Wildman–Crippen LogP) is 2.28. The fourth-order valence-electron chi connectivity index (χ4n) is 2.69. The van der Waals surface area contributed by atoms with Gasteiger partial charge in [-0.2, -0.15) is 4.98 Å². The minimum Gasteiger partial charge on any atom is -0.342 e. The van der Waals surface area contributed by atoms with Gasteiger partial charge in [0, 0.05) is 12.6 Å². The van der Waals surface area contributed by atoms with E-state index in [2.05, 4.69) is 20.4 Å². The molecule has 1 amide bonds. The second-order valence-electron chi connectivity index (χ2n) is 5.96. The molecule has 1 N–H and O–H groups in total. The molecule has 4 aromatic rings. The number of rotatable bonds is 4. The first-order valence-corrected chi connectivity index (χ1v) is 8.97. The van der Waals surface area contributed by atoms with Gasteiger partial charge in [0.2, 0.25) is 11.7 Å². The molecule has 0 bridgehead atoms. The van der Waals surface area contributed by atoms with Gasteiger partial charge in [0.05, 0.1) is 23.1 Å². The Kier molecular flexibility index (Phi) is 4.28. The molecular weight excluding hydrogens is 366 g/mol. The summed E-state index contributed by atoms with van der Waals surface area (Å²) in [7, 11) is 1.63. The third-order valence-corrected chi connectivity index (χ3v) is 5.32. The van der Waals surface area contributed by atoms with E-state index in [0.29, 0.717) is 32.4 Å². The van der Waals surface area contributed by atoms with Gasteiger partial charge in [-0.3, -0.25) is 9.59 Å². The smallest absolute Gasteiger partial charge is 0.262 e. The Balaban J connectivity index is 1.53. The maximum atomic E-state index is 12.6. The Labute approximate surface area is 157 Å². The van der Waals surface area contributed by atoms with Gasteiger partial charge in [0.25, 0.3) is 11.5 Å². The number of thiophene rings is 1. The largest absolute Gasteiger partial charge is 0.342 e. The molecule has 8 nitrogen and oxygen atoms in total. The summed E-state index contributed by atoms with van der Waals surface area (Å²) in [4.78, 5) is 34.3. The van der Waals surface area contributed by atoms with Gasteiger partial charge >= 0.3 is 0 Å². The maximum Gasteiger partial charge on any atom is 0.262 e. The van der Waals surface area contributed by atoms with Crippen LogP contribution in [-0.2, 0) is 13.6 Å². The lowest BCUT2D eigenvalue weighted by molar-refractivity contribution is 0.0950. The van der Waals surface area contributed by atoms with Crippen LogP contribution in [0.4, 0.5) is 0 Å². The molecule has 0 spiro atoms. The van der Waals surface area contributed by atoms with E-state index >= 15 is 0 Å². The summed E-state index contributed by atoms with van der Waals surface area (Å²) in [5.74, 6) is 0.456. The van der Waals surface area contributed by atoms with Gasteiger partial charge in [0.15, 0.2) is 0 Å². The van der Waals surface area contributed by atoms with Gasteiger partial charge in [-0.25, -0.2) is 4.98 Å². The van der Waals surface area contributed by atoms with Gasteiger partial charge in [-0.1, -0.05) is 35.5 Å². The molecule has 0 aliphatic heterocycles. The number of hydrogen-bond acceptors (Lipinski definition) is 7. The van der Waals surface area contributed by atoms with E-state index in [9.17, 15) is 9.59 Å². The second kappa shape index (κ2) is 6.76. The summed E-state index contributed by atoms with van der Waals surface area (Å²) < 4.78 is 6.59. The number of carbonyl (C=O) groups excluding carboxylic acids is 1. The van der Waals surface area contributed by atoms with Crippen LogP contribution in [0.5, 0.6) is 0 Å². The highest BCUT2D eigenvalue weighted by atomic mass is 32.1. The van der Waals surface area contributed by atoms with Crippen molar-refractivity contribution in [2.75, 3.05) is 0 Å². The summed E-state index contributed by atoms with van der Waals surface area (Å²) in [6.07, 6.45) is 1.45. The minimum absolute atomic E-state index is 0.0950. The number of fused-ring (bicyclic) bond motifs is 1. The van der Waals surface area contributed by atoms with Crippen molar-refractivity contribution in [3.8, 4) is 11.4 Å². The van der Waals surface area contributed by atoms with Crippen molar-refractivity contribution in [2.45, 2.75) is 13.5 Å². The number of amides is 1. The molecule has 0 saturated carbocycles. The van der Waals surface area contributed by atoms with Gasteiger partial charge in [-0.15, -0.1) is 11.3 Å². The van der Waals surface area contributed by atoms with E-state index in [-0.39, 0.29) is 18.0 Å². The van der Waals surface area contributed by atoms with Crippen LogP contribution in [0.3, 0.4) is 0 Å². The van der Waals surface area contributed by atoms with Gasteiger partial charge < -0.3 is 14.4 Å². The molecule has 0 fully saturated rings. The van der Waals surface area contributed by atoms with Crippen LogP contribution in [0.25, 0.3) is 21.6 Å². The highest BCUT2D eigenvalue weighted by molar-refractivity contribution is 7.20. The monoisotopic (exact) mass is 381 g/mol. The zero-order valence-corrected chi connectivity index (χ0v) is 15.4. The number of aryl methyl sites for hydroxylation is 2. The quantitative estimate of drug-likeness (QED) is 0.582. The molecule has 136 valence electrons. The highest BCUT2D eigenvalue weighted by Gasteiger charge is 2.19. The van der Waals surface area contributed by atoms with Crippen LogP contribution in [0.15, 0.2) is 46.0 Å². The first kappa shape index (κ1) is 17.1. The van der Waals surface area contributed by atoms with Crippen LogP contribution < -0.4 is 10.9 Å². The summed E-state index contributed by atoms with van der Waals surface area (Å²) in [5.41, 5.74) is 1.29. The molecule has 3 heterocycles. The van der Waals surface area contributed by atoms with E-state index in [1.165, 1.54) is 22.2 Å². The third-order valence-electron chi connectivity index (χ3n) is 4.12. The molecule has 0 atom stereocenters. The van der Waals surface area contributed by atoms with Gasteiger partial charge in [0.1, 0.15) is 4.83 Å². The van der Waals surface area contributed by atoms with Crippen LogP contribution in [0.1, 0.15) is 21.1 Å². The first-order chi connectivity index (χ1) is 13.0. The lowest BCUT2D eigenvalue weighted by Gasteiger charge is -2.01. The minimum atomic E-state index is -0.308. The van der Waals surface area contributed by atoms with Crippen molar-refractivity contribution in [3.05, 3.63) is 63.3 Å². The summed E-state index contributed by atoms with van der Waals surface area (Å²) in [6.45, 7) is 1.84. The molecule has 0 saturated heterocycles. The molecule has 0 radical (unpaired) electrons. The topological polar surface area (TPSA) is 103 Å². The van der Waals surface area contributed by atoms with Crippen molar-refractivity contribution in [1.82, 2.24) is 25.0 Å². The first-order valence-electron chi connectivity index (χ1n) is 8.15. The third kappa shape index (κ3) is 3.13. The normalized spacial score (nSPS) is 11.0. The van der Waals surface area contributed by atoms with Crippen molar-refractivity contribution >= 4 is 27.5 Å². The number of nitrogens with one attached hydrogen (secondary N) is 1.